The van der Waals surface area contributed by atoms with Gasteiger partial charge in [0.15, 0.2) is 0 Å². The number of benzene rings is 1. The molecular formula is C18H25N3O2. The number of amides is 1. The molecule has 0 spiro atoms. The zero-order valence-corrected chi connectivity index (χ0v) is 13.8. The van der Waals surface area contributed by atoms with Gasteiger partial charge < -0.3 is 14.6 Å². The molecule has 1 aromatic heterocycles. The monoisotopic (exact) mass is 315 g/mol. The van der Waals surface area contributed by atoms with Gasteiger partial charge in [0, 0.05) is 26.1 Å². The van der Waals surface area contributed by atoms with Crippen LogP contribution >= 0.6 is 0 Å². The summed E-state index contributed by atoms with van der Waals surface area (Å²) in [6.07, 6.45) is 4.45. The Hall–Kier alpha value is -1.88. The van der Waals surface area contributed by atoms with E-state index >= 15 is 0 Å². The Balaban J connectivity index is 1.56. The molecule has 1 aromatic carbocycles. The molecule has 1 atom stereocenters. The van der Waals surface area contributed by atoms with Crippen LogP contribution in [0.15, 0.2) is 24.3 Å². The largest absolute Gasteiger partial charge is 0.368 e. The Labute approximate surface area is 137 Å². The van der Waals surface area contributed by atoms with E-state index in [9.17, 15) is 4.79 Å². The summed E-state index contributed by atoms with van der Waals surface area (Å²) in [7, 11) is 0. The number of fused-ring (bicyclic) bond motifs is 1. The summed E-state index contributed by atoms with van der Waals surface area (Å²) >= 11 is 0. The van der Waals surface area contributed by atoms with E-state index in [1.165, 1.54) is 5.52 Å². The first-order valence-electron chi connectivity index (χ1n) is 8.63. The number of rotatable bonds is 7. The minimum atomic E-state index is -0.236. The first-order valence-corrected chi connectivity index (χ1v) is 8.63. The summed E-state index contributed by atoms with van der Waals surface area (Å²) in [5.41, 5.74) is 2.26. The van der Waals surface area contributed by atoms with E-state index in [0.29, 0.717) is 13.2 Å². The highest BCUT2D eigenvalue weighted by Gasteiger charge is 2.22. The Bertz CT molecular complexity index is 659. The van der Waals surface area contributed by atoms with Gasteiger partial charge in [-0.1, -0.05) is 19.1 Å². The van der Waals surface area contributed by atoms with Crippen molar-refractivity contribution >= 4 is 16.9 Å². The molecule has 1 unspecified atom stereocenters. The van der Waals surface area contributed by atoms with E-state index in [2.05, 4.69) is 35.0 Å². The van der Waals surface area contributed by atoms with Gasteiger partial charge in [-0.15, -0.1) is 0 Å². The smallest absolute Gasteiger partial charge is 0.249 e. The van der Waals surface area contributed by atoms with Gasteiger partial charge >= 0.3 is 0 Å². The first-order chi connectivity index (χ1) is 11.3. The van der Waals surface area contributed by atoms with Crippen molar-refractivity contribution in [3.8, 4) is 0 Å². The van der Waals surface area contributed by atoms with Crippen LogP contribution in [0, 0.1) is 0 Å². The lowest BCUT2D eigenvalue weighted by Gasteiger charge is -2.11. The molecule has 5 heteroatoms. The van der Waals surface area contributed by atoms with Crippen LogP contribution in [-0.2, 0) is 22.5 Å². The van der Waals surface area contributed by atoms with Gasteiger partial charge in [0.1, 0.15) is 11.9 Å². The maximum absolute atomic E-state index is 11.9. The van der Waals surface area contributed by atoms with Crippen molar-refractivity contribution in [2.45, 2.75) is 51.7 Å². The van der Waals surface area contributed by atoms with Crippen LogP contribution < -0.4 is 5.32 Å². The second-order valence-electron chi connectivity index (χ2n) is 6.06. The number of carbonyl (C=O) groups excluding carboxylic acids is 1. The van der Waals surface area contributed by atoms with Gasteiger partial charge in [-0.3, -0.25) is 4.79 Å². The summed E-state index contributed by atoms with van der Waals surface area (Å²) in [5, 5.41) is 2.98. The third-order valence-corrected chi connectivity index (χ3v) is 4.28. The summed E-state index contributed by atoms with van der Waals surface area (Å²) < 4.78 is 7.70. The molecule has 5 nitrogen and oxygen atoms in total. The quantitative estimate of drug-likeness (QED) is 0.799. The fourth-order valence-corrected chi connectivity index (χ4v) is 3.15. The minimum absolute atomic E-state index is 0.0320. The van der Waals surface area contributed by atoms with Crippen LogP contribution in [0.25, 0.3) is 11.0 Å². The van der Waals surface area contributed by atoms with Crippen LogP contribution in [0.1, 0.15) is 38.4 Å². The molecule has 1 saturated heterocycles. The Morgan fingerprint density at radius 2 is 2.30 bits per heavy atom. The van der Waals surface area contributed by atoms with Crippen molar-refractivity contribution in [3.05, 3.63) is 30.1 Å². The fourth-order valence-electron chi connectivity index (χ4n) is 3.15. The predicted octanol–water partition coefficient (Wildman–Crippen LogP) is 2.67. The molecule has 0 bridgehead atoms. The minimum Gasteiger partial charge on any atom is -0.368 e. The second-order valence-corrected chi connectivity index (χ2v) is 6.06. The summed E-state index contributed by atoms with van der Waals surface area (Å²) in [6, 6.07) is 8.27. The maximum atomic E-state index is 11.9. The van der Waals surface area contributed by atoms with Gasteiger partial charge in [0.2, 0.25) is 5.91 Å². The molecule has 124 valence electrons. The van der Waals surface area contributed by atoms with Crippen molar-refractivity contribution in [2.75, 3.05) is 13.2 Å². The van der Waals surface area contributed by atoms with Gasteiger partial charge in [0.05, 0.1) is 11.0 Å². The van der Waals surface area contributed by atoms with Crippen molar-refractivity contribution < 1.29 is 9.53 Å². The van der Waals surface area contributed by atoms with Crippen LogP contribution in [0.3, 0.4) is 0 Å². The molecule has 0 saturated carbocycles. The van der Waals surface area contributed by atoms with E-state index in [1.807, 2.05) is 6.07 Å². The maximum Gasteiger partial charge on any atom is 0.249 e. The molecule has 23 heavy (non-hydrogen) atoms. The Kier molecular flexibility index (Phi) is 5.28. The third kappa shape index (κ3) is 3.72. The topological polar surface area (TPSA) is 56.2 Å². The molecular weight excluding hydrogens is 290 g/mol. The van der Waals surface area contributed by atoms with Gasteiger partial charge in [-0.2, -0.15) is 0 Å². The van der Waals surface area contributed by atoms with Gasteiger partial charge in [0.25, 0.3) is 0 Å². The van der Waals surface area contributed by atoms with E-state index in [0.717, 1.165) is 50.0 Å². The van der Waals surface area contributed by atoms with E-state index in [4.69, 9.17) is 9.72 Å². The SMILES string of the molecule is CCCn1c(CCCNC(=O)C2CCCO2)nc2ccccc21. The van der Waals surface area contributed by atoms with Crippen LogP contribution in [0.2, 0.25) is 0 Å². The number of aryl methyl sites for hydroxylation is 2. The molecule has 2 aromatic rings. The molecule has 1 amide bonds. The van der Waals surface area contributed by atoms with Crippen LogP contribution in [0.5, 0.6) is 0 Å². The number of hydrogen-bond donors (Lipinski definition) is 1. The van der Waals surface area contributed by atoms with Crippen molar-refractivity contribution in [1.82, 2.24) is 14.9 Å². The molecule has 1 aliphatic heterocycles. The predicted molar refractivity (Wildman–Crippen MR) is 90.3 cm³/mol. The zero-order chi connectivity index (χ0) is 16.1. The first kappa shape index (κ1) is 16.0. The second kappa shape index (κ2) is 7.59. The highest BCUT2D eigenvalue weighted by atomic mass is 16.5. The molecule has 2 heterocycles. The molecule has 1 aliphatic rings. The number of para-hydroxylation sites is 2. The van der Waals surface area contributed by atoms with E-state index in [-0.39, 0.29) is 12.0 Å². The number of ether oxygens (including phenoxy) is 1. The van der Waals surface area contributed by atoms with E-state index < -0.39 is 0 Å². The summed E-state index contributed by atoms with van der Waals surface area (Å²) in [4.78, 5) is 16.7. The lowest BCUT2D eigenvalue weighted by atomic mass is 10.2. The summed E-state index contributed by atoms with van der Waals surface area (Å²) in [6.45, 7) is 4.55. The highest BCUT2D eigenvalue weighted by Crippen LogP contribution is 2.17. The lowest BCUT2D eigenvalue weighted by Crippen LogP contribution is -2.34. The number of aromatic nitrogens is 2. The number of imidazole rings is 1. The normalized spacial score (nSPS) is 17.7. The van der Waals surface area contributed by atoms with Crippen molar-refractivity contribution in [1.29, 1.82) is 0 Å². The molecule has 1 N–H and O–H groups in total. The highest BCUT2D eigenvalue weighted by molar-refractivity contribution is 5.80. The number of nitrogens with one attached hydrogen (secondary N) is 1. The fraction of sp³-hybridized carbons (Fsp3) is 0.556. The summed E-state index contributed by atoms with van der Waals surface area (Å²) in [5.74, 6) is 1.14. The molecule has 1 fully saturated rings. The number of hydrogen-bond acceptors (Lipinski definition) is 3. The third-order valence-electron chi connectivity index (χ3n) is 4.28. The lowest BCUT2D eigenvalue weighted by molar-refractivity contribution is -0.130. The number of carbonyl (C=O) groups is 1. The number of nitrogens with zero attached hydrogens (tertiary/aromatic N) is 2. The zero-order valence-electron chi connectivity index (χ0n) is 13.8. The van der Waals surface area contributed by atoms with Crippen LogP contribution in [-0.4, -0.2) is 34.7 Å². The van der Waals surface area contributed by atoms with Crippen LogP contribution in [0.4, 0.5) is 0 Å². The molecule has 0 aliphatic carbocycles. The van der Waals surface area contributed by atoms with Gasteiger partial charge in [-0.05, 0) is 37.8 Å². The molecule has 0 radical (unpaired) electrons. The standard InChI is InChI=1S/C18H25N3O2/c1-2-12-21-15-8-4-3-7-14(15)20-17(21)10-5-11-19-18(22)16-9-6-13-23-16/h3-4,7-8,16H,2,5-6,9-13H2,1H3,(H,19,22). The average molecular weight is 315 g/mol. The Morgan fingerprint density at radius 1 is 1.43 bits per heavy atom. The molecule has 3 rings (SSSR count). The average Bonchev–Trinajstić information content (AvgIpc) is 3.20. The van der Waals surface area contributed by atoms with Crippen molar-refractivity contribution in [3.63, 3.8) is 0 Å². The van der Waals surface area contributed by atoms with Gasteiger partial charge in [-0.25, -0.2) is 4.98 Å². The Morgan fingerprint density at radius 3 is 3.09 bits per heavy atom. The van der Waals surface area contributed by atoms with E-state index in [1.54, 1.807) is 0 Å². The van der Waals surface area contributed by atoms with Crippen molar-refractivity contribution in [2.24, 2.45) is 0 Å².